The third-order valence-corrected chi connectivity index (χ3v) is 4.93. The van der Waals surface area contributed by atoms with Gasteiger partial charge in [0.05, 0.1) is 0 Å². The Morgan fingerprint density at radius 2 is 1.88 bits per heavy atom. The summed E-state index contributed by atoms with van der Waals surface area (Å²) in [5.41, 5.74) is 5.34. The van der Waals surface area contributed by atoms with Crippen molar-refractivity contribution in [2.24, 2.45) is 0 Å². The van der Waals surface area contributed by atoms with Crippen molar-refractivity contribution < 1.29 is 9.53 Å². The van der Waals surface area contributed by atoms with Gasteiger partial charge in [0.2, 0.25) is 0 Å². The maximum atomic E-state index is 12.4. The second-order valence-electron chi connectivity index (χ2n) is 6.78. The fourth-order valence-corrected chi connectivity index (χ4v) is 3.47. The number of aryl methyl sites for hydroxylation is 2. The number of rotatable bonds is 7. The Hall–Kier alpha value is -2.00. The molecule has 2 aromatic carbocycles. The molecule has 2 aromatic rings. The monoisotopic (exact) mass is 373 g/mol. The number of anilines is 1. The first kappa shape index (κ1) is 20.3. The molecule has 0 fully saturated rings. The van der Waals surface area contributed by atoms with E-state index >= 15 is 0 Å². The van der Waals surface area contributed by atoms with E-state index in [1.54, 1.807) is 0 Å². The SMILES string of the molecule is CCc1ccc(Cl)c(CC)c1NC(=O)COc1ccc(C(C)C)c(C)c1. The summed E-state index contributed by atoms with van der Waals surface area (Å²) in [6.07, 6.45) is 1.59. The Labute approximate surface area is 161 Å². The van der Waals surface area contributed by atoms with Gasteiger partial charge in [-0.15, -0.1) is 0 Å². The molecule has 0 spiro atoms. The largest absolute Gasteiger partial charge is 0.484 e. The zero-order valence-corrected chi connectivity index (χ0v) is 17.0. The van der Waals surface area contributed by atoms with Crippen molar-refractivity contribution in [3.63, 3.8) is 0 Å². The highest BCUT2D eigenvalue weighted by Crippen LogP contribution is 2.29. The number of nitrogens with one attached hydrogen (secondary N) is 1. The van der Waals surface area contributed by atoms with Gasteiger partial charge in [-0.1, -0.05) is 51.4 Å². The highest BCUT2D eigenvalue weighted by Gasteiger charge is 2.14. The first-order chi connectivity index (χ1) is 12.4. The highest BCUT2D eigenvalue weighted by molar-refractivity contribution is 6.32. The maximum absolute atomic E-state index is 12.4. The second-order valence-corrected chi connectivity index (χ2v) is 7.18. The van der Waals surface area contributed by atoms with Crippen molar-refractivity contribution >= 4 is 23.2 Å². The van der Waals surface area contributed by atoms with E-state index in [1.165, 1.54) is 11.1 Å². The van der Waals surface area contributed by atoms with Crippen LogP contribution in [0.5, 0.6) is 5.75 Å². The number of amides is 1. The van der Waals surface area contributed by atoms with E-state index in [2.05, 4.69) is 39.1 Å². The molecular formula is C22H28ClNO2. The van der Waals surface area contributed by atoms with E-state index in [4.69, 9.17) is 16.3 Å². The normalized spacial score (nSPS) is 10.9. The topological polar surface area (TPSA) is 38.3 Å². The lowest BCUT2D eigenvalue weighted by molar-refractivity contribution is -0.118. The van der Waals surface area contributed by atoms with Gasteiger partial charge in [0, 0.05) is 10.7 Å². The summed E-state index contributed by atoms with van der Waals surface area (Å²) in [5.74, 6) is 0.997. The molecule has 0 aliphatic rings. The summed E-state index contributed by atoms with van der Waals surface area (Å²) in [6, 6.07) is 9.83. The molecule has 0 saturated carbocycles. The molecule has 1 amide bonds. The molecule has 0 radical (unpaired) electrons. The fourth-order valence-electron chi connectivity index (χ4n) is 3.18. The Kier molecular flexibility index (Phi) is 7.10. The van der Waals surface area contributed by atoms with E-state index < -0.39 is 0 Å². The third-order valence-electron chi connectivity index (χ3n) is 4.57. The van der Waals surface area contributed by atoms with Crippen LogP contribution in [0.1, 0.15) is 55.9 Å². The zero-order chi connectivity index (χ0) is 19.3. The molecule has 0 saturated heterocycles. The van der Waals surface area contributed by atoms with Gasteiger partial charge in [0.25, 0.3) is 5.91 Å². The lowest BCUT2D eigenvalue weighted by Gasteiger charge is -2.16. The molecule has 0 aromatic heterocycles. The van der Waals surface area contributed by atoms with Crippen molar-refractivity contribution in [1.82, 2.24) is 0 Å². The molecule has 4 heteroatoms. The number of ether oxygens (including phenoxy) is 1. The zero-order valence-electron chi connectivity index (χ0n) is 16.3. The molecule has 0 unspecified atom stereocenters. The Morgan fingerprint density at radius 3 is 2.46 bits per heavy atom. The average Bonchev–Trinajstić information content (AvgIpc) is 2.60. The molecule has 0 aliphatic carbocycles. The van der Waals surface area contributed by atoms with Crippen LogP contribution in [0.2, 0.25) is 5.02 Å². The Balaban J connectivity index is 2.08. The van der Waals surface area contributed by atoms with Crippen LogP contribution in [0.4, 0.5) is 5.69 Å². The van der Waals surface area contributed by atoms with Gasteiger partial charge in [-0.3, -0.25) is 4.79 Å². The lowest BCUT2D eigenvalue weighted by atomic mass is 9.98. The maximum Gasteiger partial charge on any atom is 0.262 e. The predicted octanol–water partition coefficient (Wildman–Crippen LogP) is 5.91. The average molecular weight is 374 g/mol. The predicted molar refractivity (Wildman–Crippen MR) is 110 cm³/mol. The second kappa shape index (κ2) is 9.09. The van der Waals surface area contributed by atoms with E-state index in [-0.39, 0.29) is 12.5 Å². The number of carbonyl (C=O) groups excluding carboxylic acids is 1. The molecule has 0 bridgehead atoms. The van der Waals surface area contributed by atoms with E-state index in [0.29, 0.717) is 16.7 Å². The van der Waals surface area contributed by atoms with Crippen molar-refractivity contribution in [2.75, 3.05) is 11.9 Å². The molecule has 0 heterocycles. The minimum atomic E-state index is -0.178. The molecule has 3 nitrogen and oxygen atoms in total. The van der Waals surface area contributed by atoms with Crippen LogP contribution in [-0.2, 0) is 17.6 Å². The van der Waals surface area contributed by atoms with Crippen molar-refractivity contribution in [1.29, 1.82) is 0 Å². The van der Waals surface area contributed by atoms with Gasteiger partial charge >= 0.3 is 0 Å². The highest BCUT2D eigenvalue weighted by atomic mass is 35.5. The molecule has 26 heavy (non-hydrogen) atoms. The minimum Gasteiger partial charge on any atom is -0.484 e. The number of carbonyl (C=O) groups is 1. The van der Waals surface area contributed by atoms with Crippen LogP contribution >= 0.6 is 11.6 Å². The summed E-state index contributed by atoms with van der Waals surface area (Å²) in [5, 5.41) is 3.67. The number of halogens is 1. The van der Waals surface area contributed by atoms with Crippen LogP contribution in [0.3, 0.4) is 0 Å². The summed E-state index contributed by atoms with van der Waals surface area (Å²) < 4.78 is 5.69. The summed E-state index contributed by atoms with van der Waals surface area (Å²) >= 11 is 6.29. The first-order valence-electron chi connectivity index (χ1n) is 9.20. The minimum absolute atomic E-state index is 0.0285. The van der Waals surface area contributed by atoms with Gasteiger partial charge in [-0.2, -0.15) is 0 Å². The molecule has 2 rings (SSSR count). The van der Waals surface area contributed by atoms with Gasteiger partial charge < -0.3 is 10.1 Å². The van der Waals surface area contributed by atoms with E-state index in [9.17, 15) is 4.79 Å². The van der Waals surface area contributed by atoms with E-state index in [0.717, 1.165) is 29.7 Å². The van der Waals surface area contributed by atoms with Gasteiger partial charge in [-0.25, -0.2) is 0 Å². The Bertz CT molecular complexity index is 784. The van der Waals surface area contributed by atoms with Gasteiger partial charge in [0.15, 0.2) is 6.61 Å². The molecule has 0 aliphatic heterocycles. The number of hydrogen-bond acceptors (Lipinski definition) is 2. The summed E-state index contributed by atoms with van der Waals surface area (Å²) in [4.78, 5) is 12.4. The van der Waals surface area contributed by atoms with Crippen molar-refractivity contribution in [2.45, 2.75) is 53.4 Å². The van der Waals surface area contributed by atoms with Crippen LogP contribution in [0, 0.1) is 6.92 Å². The molecule has 1 N–H and O–H groups in total. The molecule has 140 valence electrons. The van der Waals surface area contributed by atoms with Crippen LogP contribution in [-0.4, -0.2) is 12.5 Å². The van der Waals surface area contributed by atoms with Crippen LogP contribution in [0.15, 0.2) is 30.3 Å². The van der Waals surface area contributed by atoms with Gasteiger partial charge in [-0.05, 0) is 66.1 Å². The van der Waals surface area contributed by atoms with Gasteiger partial charge in [0.1, 0.15) is 5.75 Å². The van der Waals surface area contributed by atoms with Crippen molar-refractivity contribution in [3.8, 4) is 5.75 Å². The fraction of sp³-hybridized carbons (Fsp3) is 0.409. The molecule has 0 atom stereocenters. The third kappa shape index (κ3) is 4.79. The van der Waals surface area contributed by atoms with Crippen molar-refractivity contribution in [3.05, 3.63) is 57.6 Å². The number of hydrogen-bond donors (Lipinski definition) is 1. The standard InChI is InChI=1S/C22H28ClNO2/c1-6-16-8-11-20(23)18(7-2)22(16)24-21(25)13-26-17-9-10-19(14(3)4)15(5)12-17/h8-12,14H,6-7,13H2,1-5H3,(H,24,25). The lowest BCUT2D eigenvalue weighted by Crippen LogP contribution is -2.22. The number of benzene rings is 2. The van der Waals surface area contributed by atoms with Crippen LogP contribution < -0.4 is 10.1 Å². The van der Waals surface area contributed by atoms with Crippen LogP contribution in [0.25, 0.3) is 0 Å². The summed E-state index contributed by atoms with van der Waals surface area (Å²) in [7, 11) is 0. The summed E-state index contributed by atoms with van der Waals surface area (Å²) in [6.45, 7) is 10.5. The Morgan fingerprint density at radius 1 is 1.15 bits per heavy atom. The van der Waals surface area contributed by atoms with E-state index in [1.807, 2.05) is 31.2 Å². The molecular weight excluding hydrogens is 346 g/mol. The quantitative estimate of drug-likeness (QED) is 0.654. The smallest absolute Gasteiger partial charge is 0.262 e. The first-order valence-corrected chi connectivity index (χ1v) is 9.58.